The summed E-state index contributed by atoms with van der Waals surface area (Å²) in [5.41, 5.74) is 5.56. The maximum atomic E-state index is 12.8. The Kier molecular flexibility index (Phi) is 12.0. The second-order valence-corrected chi connectivity index (χ2v) is 12.3. The number of carboxylic acid groups (broad SMARTS) is 1. The number of benzene rings is 3. The van der Waals surface area contributed by atoms with Crippen LogP contribution in [0.25, 0.3) is 32.8 Å². The first-order valence-corrected chi connectivity index (χ1v) is 15.6. The molecule has 0 aliphatic carbocycles. The summed E-state index contributed by atoms with van der Waals surface area (Å²) in [7, 11) is 1.44. The second kappa shape index (κ2) is 15.7. The molecule has 1 aliphatic heterocycles. The summed E-state index contributed by atoms with van der Waals surface area (Å²) in [4.78, 5) is 29.2. The number of aryl methyl sites for hydroxylation is 1. The number of carbonyl (C=O) groups excluding carboxylic acids is 1. The van der Waals surface area contributed by atoms with Crippen LogP contribution in [0.1, 0.15) is 30.4 Å². The number of primary amides is 1. The predicted octanol–water partition coefficient (Wildman–Crippen LogP) is 7.45. The minimum absolute atomic E-state index is 0.0463. The third-order valence-electron chi connectivity index (χ3n) is 8.76. The lowest BCUT2D eigenvalue weighted by molar-refractivity contribution is -0.231. The number of alkyl halides is 8. The van der Waals surface area contributed by atoms with Crippen molar-refractivity contribution >= 4 is 33.4 Å². The summed E-state index contributed by atoms with van der Waals surface area (Å²) in [6, 6.07) is 19.3. The summed E-state index contributed by atoms with van der Waals surface area (Å²) in [5.74, 6) is -2.27. The number of hydrogen-bond acceptors (Lipinski definition) is 5. The van der Waals surface area contributed by atoms with E-state index >= 15 is 0 Å². The van der Waals surface area contributed by atoms with Gasteiger partial charge in [-0.05, 0) is 66.7 Å². The molecule has 4 aromatic rings. The van der Waals surface area contributed by atoms with E-state index < -0.39 is 62.0 Å². The van der Waals surface area contributed by atoms with E-state index in [4.69, 9.17) is 10.8 Å². The lowest BCUT2D eigenvalue weighted by Crippen LogP contribution is -2.55. The zero-order chi connectivity index (χ0) is 36.9. The number of carboxylic acids is 1. The van der Waals surface area contributed by atoms with Crippen molar-refractivity contribution in [1.29, 1.82) is 0 Å². The molecule has 7 nitrogen and oxygen atoms in total. The third kappa shape index (κ3) is 9.24. The largest absolute Gasteiger partial charge is 0.481 e. The number of piperidine rings is 1. The summed E-state index contributed by atoms with van der Waals surface area (Å²) >= 11 is 0. The first kappa shape index (κ1) is 38.4. The zero-order valence-corrected chi connectivity index (χ0v) is 27.0. The molecule has 1 aromatic heterocycles. The van der Waals surface area contributed by atoms with Crippen molar-refractivity contribution < 1.29 is 49.8 Å². The van der Waals surface area contributed by atoms with Crippen LogP contribution in [0.4, 0.5) is 35.1 Å². The number of aliphatic carboxylic acids is 1. The number of aromatic nitrogens is 1. The van der Waals surface area contributed by atoms with E-state index in [1.165, 1.54) is 16.8 Å². The minimum atomic E-state index is -4.73. The molecule has 1 aliphatic rings. The van der Waals surface area contributed by atoms with Gasteiger partial charge in [-0.3, -0.25) is 24.4 Å². The van der Waals surface area contributed by atoms with E-state index in [0.717, 1.165) is 43.9 Å². The molecule has 0 bridgehead atoms. The normalized spacial score (nSPS) is 15.3. The lowest BCUT2D eigenvalue weighted by atomic mass is 9.77. The van der Waals surface area contributed by atoms with Crippen LogP contribution >= 0.6 is 0 Å². The van der Waals surface area contributed by atoms with Crippen molar-refractivity contribution in [3.05, 3.63) is 78.0 Å². The Morgan fingerprint density at radius 3 is 2.06 bits per heavy atom. The highest BCUT2D eigenvalue weighted by Gasteiger charge is 2.59. The van der Waals surface area contributed by atoms with Gasteiger partial charge in [0.1, 0.15) is 5.41 Å². The van der Waals surface area contributed by atoms with Crippen LogP contribution in [-0.2, 0) is 22.6 Å². The van der Waals surface area contributed by atoms with Crippen LogP contribution in [0.15, 0.2) is 66.9 Å². The summed E-state index contributed by atoms with van der Waals surface area (Å²) in [6.45, 7) is -1.85. The van der Waals surface area contributed by atoms with Crippen molar-refractivity contribution in [1.82, 2.24) is 14.8 Å². The topological polar surface area (TPSA) is 99.8 Å². The standard InChI is InChI=1S/C26H23F3N2O2.C9H13F5N2O/c1-31(16-26(27,28)29)15-18-14-30-25(22-8-3-2-7-20(18)22)23-11-5-9-19-17(12-13-24(32)33)6-4-10-21(19)23;10-6(11)5-16-3-1-8(2-4-16,7(15)17)9(12,13)14/h2-11,14H,12-13,15-16H2,1H3,(H,32,33);6H,1-5H2,(H2,15,17). The Labute approximate surface area is 282 Å². The van der Waals surface area contributed by atoms with Gasteiger partial charge >= 0.3 is 18.3 Å². The molecule has 0 atom stereocenters. The van der Waals surface area contributed by atoms with E-state index in [1.807, 2.05) is 60.7 Å². The molecule has 2 heterocycles. The molecule has 15 heteroatoms. The highest BCUT2D eigenvalue weighted by atomic mass is 19.4. The van der Waals surface area contributed by atoms with Gasteiger partial charge in [-0.1, -0.05) is 60.7 Å². The number of rotatable bonds is 10. The van der Waals surface area contributed by atoms with Crippen LogP contribution < -0.4 is 5.73 Å². The van der Waals surface area contributed by atoms with Crippen molar-refractivity contribution in [3.63, 3.8) is 0 Å². The molecule has 5 rings (SSSR count). The molecule has 1 amide bonds. The Morgan fingerprint density at radius 2 is 1.48 bits per heavy atom. The van der Waals surface area contributed by atoms with E-state index in [-0.39, 0.29) is 26.1 Å². The number of fused-ring (bicyclic) bond motifs is 2. The molecule has 270 valence electrons. The van der Waals surface area contributed by atoms with Crippen molar-refractivity contribution in [2.75, 3.05) is 33.2 Å². The van der Waals surface area contributed by atoms with E-state index in [9.17, 15) is 44.7 Å². The second-order valence-electron chi connectivity index (χ2n) is 12.3. The first-order chi connectivity index (χ1) is 23.4. The number of halogens is 8. The number of hydrogen-bond donors (Lipinski definition) is 2. The summed E-state index contributed by atoms with van der Waals surface area (Å²) < 4.78 is 101. The van der Waals surface area contributed by atoms with Gasteiger partial charge in [0.25, 0.3) is 6.43 Å². The van der Waals surface area contributed by atoms with Gasteiger partial charge < -0.3 is 10.8 Å². The fourth-order valence-electron chi connectivity index (χ4n) is 6.27. The van der Waals surface area contributed by atoms with Gasteiger partial charge in [0.05, 0.1) is 18.8 Å². The fraction of sp³-hybridized carbons (Fsp3) is 0.400. The highest BCUT2D eigenvalue weighted by molar-refractivity contribution is 6.05. The summed E-state index contributed by atoms with van der Waals surface area (Å²) in [5, 5.41) is 12.7. The number of amides is 1. The van der Waals surface area contributed by atoms with Crippen LogP contribution in [0, 0.1) is 5.41 Å². The first-order valence-electron chi connectivity index (χ1n) is 15.6. The van der Waals surface area contributed by atoms with Crippen LogP contribution in [0.3, 0.4) is 0 Å². The van der Waals surface area contributed by atoms with Crippen LogP contribution in [0.5, 0.6) is 0 Å². The molecule has 50 heavy (non-hydrogen) atoms. The molecular weight excluding hydrogens is 676 g/mol. The average molecular weight is 713 g/mol. The number of carbonyl (C=O) groups is 2. The lowest BCUT2D eigenvalue weighted by Gasteiger charge is -2.40. The Bertz CT molecular complexity index is 1800. The van der Waals surface area contributed by atoms with Crippen molar-refractivity contribution in [2.45, 2.75) is 51.0 Å². The van der Waals surface area contributed by atoms with Crippen molar-refractivity contribution in [2.24, 2.45) is 11.1 Å². The molecule has 3 aromatic carbocycles. The summed E-state index contributed by atoms with van der Waals surface area (Å²) in [6.07, 6.45) is -10.6. The monoisotopic (exact) mass is 712 g/mol. The molecule has 0 radical (unpaired) electrons. The van der Waals surface area contributed by atoms with Gasteiger partial charge in [0.2, 0.25) is 5.91 Å². The van der Waals surface area contributed by atoms with E-state index in [1.54, 1.807) is 6.20 Å². The number of likely N-dealkylation sites (tertiary alicyclic amines) is 1. The Balaban J connectivity index is 0.000000279. The molecule has 1 saturated heterocycles. The minimum Gasteiger partial charge on any atom is -0.481 e. The highest BCUT2D eigenvalue weighted by Crippen LogP contribution is 2.46. The number of nitrogens with two attached hydrogens (primary N) is 1. The SMILES string of the molecule is CN(Cc1cnc(-c2cccc3c(CCC(=O)O)cccc23)c2ccccc12)CC(F)(F)F.NC(=O)C1(C(F)(F)F)CCN(CC(F)F)CC1. The molecule has 3 N–H and O–H groups in total. The Hall–Kier alpha value is -4.37. The van der Waals surface area contributed by atoms with E-state index in [0.29, 0.717) is 6.42 Å². The average Bonchev–Trinajstić information content (AvgIpc) is 3.02. The van der Waals surface area contributed by atoms with Gasteiger partial charge in [-0.2, -0.15) is 26.3 Å². The van der Waals surface area contributed by atoms with Crippen LogP contribution in [0.2, 0.25) is 0 Å². The van der Waals surface area contributed by atoms with Gasteiger partial charge in [0, 0.05) is 30.1 Å². The number of nitrogens with zero attached hydrogens (tertiary/aromatic N) is 3. The molecule has 1 fully saturated rings. The predicted molar refractivity (Wildman–Crippen MR) is 172 cm³/mol. The van der Waals surface area contributed by atoms with Gasteiger partial charge in [-0.25, -0.2) is 8.78 Å². The molecule has 0 unspecified atom stereocenters. The third-order valence-corrected chi connectivity index (χ3v) is 8.76. The van der Waals surface area contributed by atoms with Crippen LogP contribution in [-0.4, -0.2) is 83.8 Å². The quantitative estimate of drug-likeness (QED) is 0.166. The maximum absolute atomic E-state index is 12.8. The molecule has 0 saturated carbocycles. The smallest absolute Gasteiger partial charge is 0.403 e. The van der Waals surface area contributed by atoms with E-state index in [2.05, 4.69) is 4.98 Å². The van der Waals surface area contributed by atoms with Gasteiger partial charge in [-0.15, -0.1) is 0 Å². The van der Waals surface area contributed by atoms with Gasteiger partial charge in [0.15, 0.2) is 0 Å². The van der Waals surface area contributed by atoms with Crippen molar-refractivity contribution in [3.8, 4) is 11.3 Å². The zero-order valence-electron chi connectivity index (χ0n) is 27.0. The molecule has 0 spiro atoms. The Morgan fingerprint density at radius 1 is 0.900 bits per heavy atom. The number of pyridine rings is 1. The fourth-order valence-corrected chi connectivity index (χ4v) is 6.27. The maximum Gasteiger partial charge on any atom is 0.403 e. The molecular formula is C35H36F8N4O3.